The largest absolute Gasteiger partial charge is 0.419 e. The van der Waals surface area contributed by atoms with E-state index in [0.717, 1.165) is 36.7 Å². The molecule has 2 rings (SSSR count). The van der Waals surface area contributed by atoms with Crippen molar-refractivity contribution >= 4 is 16.9 Å². The smallest absolute Gasteiger partial charge is 0.311 e. The number of unbranched alkanes of at least 4 members (excludes halogenated alkanes) is 15. The van der Waals surface area contributed by atoms with Gasteiger partial charge in [-0.2, -0.15) is 4.57 Å². The molecule has 0 radical (unpaired) electrons. The van der Waals surface area contributed by atoms with Crippen LogP contribution in [0.5, 0.6) is 5.75 Å². The molecule has 34 heavy (non-hydrogen) atoms. The number of fused-ring (bicyclic) bond motifs is 1. The van der Waals surface area contributed by atoms with E-state index in [0.29, 0.717) is 12.2 Å². The Morgan fingerprint density at radius 2 is 1.21 bits per heavy atom. The lowest BCUT2D eigenvalue weighted by Crippen LogP contribution is -2.34. The van der Waals surface area contributed by atoms with Crippen molar-refractivity contribution in [1.29, 1.82) is 0 Å². The second-order valence-corrected chi connectivity index (χ2v) is 9.92. The number of pyridine rings is 1. The molecule has 1 aromatic heterocycles. The van der Waals surface area contributed by atoms with Gasteiger partial charge in [-0.15, -0.1) is 0 Å². The van der Waals surface area contributed by atoms with Gasteiger partial charge in [-0.05, 0) is 31.0 Å². The van der Waals surface area contributed by atoms with Crippen LogP contribution in [0.15, 0.2) is 36.5 Å². The van der Waals surface area contributed by atoms with Gasteiger partial charge in [0.25, 0.3) is 5.52 Å². The van der Waals surface area contributed by atoms with Crippen molar-refractivity contribution in [2.45, 2.75) is 136 Å². The van der Waals surface area contributed by atoms with Crippen LogP contribution in [-0.2, 0) is 11.3 Å². The summed E-state index contributed by atoms with van der Waals surface area (Å²) in [7, 11) is 0. The maximum absolute atomic E-state index is 12.6. The highest BCUT2D eigenvalue weighted by atomic mass is 16.5. The number of hydrogen-bond donors (Lipinski definition) is 0. The minimum Gasteiger partial charge on any atom is -0.419 e. The molecule has 190 valence electrons. The number of benzene rings is 1. The number of esters is 1. The van der Waals surface area contributed by atoms with Gasteiger partial charge < -0.3 is 4.74 Å². The Morgan fingerprint density at radius 1 is 0.676 bits per heavy atom. The normalized spacial score (nSPS) is 11.2. The second kappa shape index (κ2) is 18.4. The number of hydrogen-bond acceptors (Lipinski definition) is 2. The predicted molar refractivity (Wildman–Crippen MR) is 144 cm³/mol. The molecule has 0 saturated carbocycles. The summed E-state index contributed by atoms with van der Waals surface area (Å²) in [5.74, 6) is 0.608. The zero-order chi connectivity index (χ0) is 24.3. The lowest BCUT2D eigenvalue weighted by molar-refractivity contribution is -0.672. The Labute approximate surface area is 209 Å². The molecule has 0 amide bonds. The lowest BCUT2D eigenvalue weighted by Gasteiger charge is -2.08. The fraction of sp³-hybridized carbons (Fsp3) is 0.677. The zero-order valence-electron chi connectivity index (χ0n) is 22.2. The number of aromatic nitrogens is 1. The third-order valence-corrected chi connectivity index (χ3v) is 6.82. The van der Waals surface area contributed by atoms with Crippen molar-refractivity contribution < 1.29 is 14.1 Å². The Balaban J connectivity index is 1.76. The van der Waals surface area contributed by atoms with Crippen LogP contribution < -0.4 is 9.30 Å². The predicted octanol–water partition coefficient (Wildman–Crippen LogP) is 9.09. The van der Waals surface area contributed by atoms with Crippen LogP contribution in [0, 0.1) is 0 Å². The number of nitrogens with zero attached hydrogens (tertiary/aromatic N) is 1. The number of carbonyl (C=O) groups excluding carboxylic acids is 1. The first-order valence-electron chi connectivity index (χ1n) is 14.4. The Hall–Kier alpha value is -1.90. The third kappa shape index (κ3) is 11.5. The third-order valence-electron chi connectivity index (χ3n) is 6.82. The highest BCUT2D eigenvalue weighted by Crippen LogP contribution is 2.23. The van der Waals surface area contributed by atoms with Crippen LogP contribution >= 0.6 is 0 Å². The lowest BCUT2D eigenvalue weighted by atomic mass is 10.1. The molecular weight excluding hydrogens is 418 g/mol. The van der Waals surface area contributed by atoms with Gasteiger partial charge in [-0.25, -0.2) is 0 Å². The summed E-state index contributed by atoms with van der Waals surface area (Å²) < 4.78 is 8.13. The summed E-state index contributed by atoms with van der Waals surface area (Å²) in [5.41, 5.74) is 1.05. The van der Waals surface area contributed by atoms with Crippen molar-refractivity contribution in [2.75, 3.05) is 0 Å². The fourth-order valence-electron chi connectivity index (χ4n) is 4.74. The van der Waals surface area contributed by atoms with E-state index in [-0.39, 0.29) is 5.97 Å². The molecule has 0 aliphatic heterocycles. The van der Waals surface area contributed by atoms with E-state index in [1.54, 1.807) is 0 Å². The van der Waals surface area contributed by atoms with Gasteiger partial charge in [-0.3, -0.25) is 4.79 Å². The molecule has 0 aliphatic carbocycles. The van der Waals surface area contributed by atoms with Crippen LogP contribution in [0.2, 0.25) is 0 Å². The van der Waals surface area contributed by atoms with Crippen LogP contribution in [0.25, 0.3) is 10.9 Å². The summed E-state index contributed by atoms with van der Waals surface area (Å²) in [4.78, 5) is 12.6. The van der Waals surface area contributed by atoms with Gasteiger partial charge in [0.15, 0.2) is 6.20 Å². The summed E-state index contributed by atoms with van der Waals surface area (Å²) in [6.07, 6.45) is 24.4. The maximum atomic E-state index is 12.6. The molecule has 0 aliphatic rings. The highest BCUT2D eigenvalue weighted by Gasteiger charge is 2.17. The molecule has 0 unspecified atom stereocenters. The summed E-state index contributed by atoms with van der Waals surface area (Å²) in [6.45, 7) is 5.50. The van der Waals surface area contributed by atoms with Crippen LogP contribution in [0.4, 0.5) is 0 Å². The number of rotatable bonds is 20. The van der Waals surface area contributed by atoms with Crippen molar-refractivity contribution in [3.05, 3.63) is 36.5 Å². The molecule has 3 nitrogen and oxygen atoms in total. The Bertz CT molecular complexity index is 796. The van der Waals surface area contributed by atoms with E-state index in [4.69, 9.17) is 4.74 Å². The van der Waals surface area contributed by atoms with Gasteiger partial charge >= 0.3 is 5.97 Å². The molecule has 0 saturated heterocycles. The molecule has 0 fully saturated rings. The number of aryl methyl sites for hydroxylation is 1. The standard InChI is InChI=1S/C31H50NO2/c1-3-5-7-9-11-13-14-16-18-25-30(33)34-29-24-20-22-28-23-21-27-32(31(28)29)26-19-17-15-12-10-8-6-4-2/h20-24,27H,3-19,25-26H2,1-2H3/q+1. The summed E-state index contributed by atoms with van der Waals surface area (Å²) in [6, 6.07) is 10.3. The summed E-state index contributed by atoms with van der Waals surface area (Å²) in [5, 5.41) is 1.13. The van der Waals surface area contributed by atoms with E-state index >= 15 is 0 Å². The Kier molecular flexibility index (Phi) is 15.4. The average Bonchev–Trinajstić information content (AvgIpc) is 2.85. The average molecular weight is 469 g/mol. The molecule has 1 aromatic carbocycles. The topological polar surface area (TPSA) is 30.2 Å². The molecule has 0 spiro atoms. The van der Waals surface area contributed by atoms with E-state index < -0.39 is 0 Å². The van der Waals surface area contributed by atoms with Crippen molar-refractivity contribution in [3.63, 3.8) is 0 Å². The molecule has 0 atom stereocenters. The molecule has 2 aromatic rings. The van der Waals surface area contributed by atoms with Crippen LogP contribution in [0.3, 0.4) is 0 Å². The van der Waals surface area contributed by atoms with Crippen molar-refractivity contribution in [2.24, 2.45) is 0 Å². The molecule has 0 bridgehead atoms. The quantitative estimate of drug-likeness (QED) is 0.0839. The minimum absolute atomic E-state index is 0.0991. The van der Waals surface area contributed by atoms with Gasteiger partial charge in [-0.1, -0.05) is 110 Å². The fourth-order valence-corrected chi connectivity index (χ4v) is 4.74. The van der Waals surface area contributed by atoms with E-state index in [9.17, 15) is 4.79 Å². The number of para-hydroxylation sites is 1. The monoisotopic (exact) mass is 468 g/mol. The van der Waals surface area contributed by atoms with Gasteiger partial charge in [0, 0.05) is 18.9 Å². The van der Waals surface area contributed by atoms with E-state index in [1.165, 1.54) is 89.9 Å². The first-order chi connectivity index (χ1) is 16.8. The van der Waals surface area contributed by atoms with Gasteiger partial charge in [0.05, 0.1) is 5.39 Å². The van der Waals surface area contributed by atoms with Gasteiger partial charge in [0.2, 0.25) is 5.75 Å². The molecule has 1 heterocycles. The van der Waals surface area contributed by atoms with Crippen LogP contribution in [0.1, 0.15) is 129 Å². The zero-order valence-corrected chi connectivity index (χ0v) is 22.2. The highest BCUT2D eigenvalue weighted by molar-refractivity contribution is 5.84. The molecular formula is C31H50NO2+. The maximum Gasteiger partial charge on any atom is 0.311 e. The first kappa shape index (κ1) is 28.3. The van der Waals surface area contributed by atoms with E-state index in [2.05, 4.69) is 42.8 Å². The first-order valence-corrected chi connectivity index (χ1v) is 14.4. The van der Waals surface area contributed by atoms with Gasteiger partial charge in [0.1, 0.15) is 6.54 Å². The van der Waals surface area contributed by atoms with Crippen LogP contribution in [-0.4, -0.2) is 5.97 Å². The molecule has 0 N–H and O–H groups in total. The second-order valence-electron chi connectivity index (χ2n) is 9.92. The van der Waals surface area contributed by atoms with Crippen molar-refractivity contribution in [3.8, 4) is 5.75 Å². The number of carbonyl (C=O) groups is 1. The summed E-state index contributed by atoms with van der Waals surface area (Å²) >= 11 is 0. The minimum atomic E-state index is -0.0991. The molecule has 3 heteroatoms. The Morgan fingerprint density at radius 3 is 1.82 bits per heavy atom. The van der Waals surface area contributed by atoms with Crippen molar-refractivity contribution in [1.82, 2.24) is 0 Å². The van der Waals surface area contributed by atoms with E-state index in [1.807, 2.05) is 12.1 Å². The number of ether oxygens (including phenoxy) is 1. The SMILES string of the molecule is CCCCCCCCCCCC(=O)Oc1cccc2ccc[n+](CCCCCCCCCC)c12.